The fourth-order valence-corrected chi connectivity index (χ4v) is 3.31. The summed E-state index contributed by atoms with van der Waals surface area (Å²) in [5.41, 5.74) is 0.671. The zero-order valence-electron chi connectivity index (χ0n) is 10.9. The predicted octanol–water partition coefficient (Wildman–Crippen LogP) is 4.64. The Morgan fingerprint density at radius 1 is 1.21 bits per heavy atom. The van der Waals surface area contributed by atoms with Gasteiger partial charge in [0.2, 0.25) is 0 Å². The van der Waals surface area contributed by atoms with Crippen LogP contribution in [-0.2, 0) is 0 Å². The smallest absolute Gasteiger partial charge is 0.252 e. The Balaban J connectivity index is 2.19. The molecule has 0 saturated heterocycles. The summed E-state index contributed by atoms with van der Waals surface area (Å²) in [6.45, 7) is 4.23. The average Bonchev–Trinajstić information content (AvgIpc) is 2.89. The lowest BCUT2D eigenvalue weighted by Crippen LogP contribution is -2.31. The van der Waals surface area contributed by atoms with Gasteiger partial charge >= 0.3 is 0 Å². The highest BCUT2D eigenvalue weighted by atomic mass is 79.9. The van der Waals surface area contributed by atoms with Gasteiger partial charge in [0, 0.05) is 9.35 Å². The molecular formula is C15H16BrNOS. The van der Waals surface area contributed by atoms with Crippen LogP contribution in [0.2, 0.25) is 0 Å². The van der Waals surface area contributed by atoms with E-state index in [0.717, 1.165) is 4.47 Å². The van der Waals surface area contributed by atoms with E-state index in [2.05, 4.69) is 41.2 Å². The van der Waals surface area contributed by atoms with E-state index in [4.69, 9.17) is 0 Å². The molecule has 0 saturated carbocycles. The number of thiophene rings is 1. The van der Waals surface area contributed by atoms with Crippen molar-refractivity contribution in [3.8, 4) is 0 Å². The van der Waals surface area contributed by atoms with Gasteiger partial charge in [-0.3, -0.25) is 4.79 Å². The number of amides is 1. The van der Waals surface area contributed by atoms with Crippen LogP contribution in [0.4, 0.5) is 0 Å². The van der Waals surface area contributed by atoms with Crippen LogP contribution in [0.15, 0.2) is 46.3 Å². The van der Waals surface area contributed by atoms with Gasteiger partial charge in [-0.2, -0.15) is 0 Å². The number of carbonyl (C=O) groups excluding carboxylic acids is 1. The van der Waals surface area contributed by atoms with Crippen molar-refractivity contribution in [1.29, 1.82) is 0 Å². The van der Waals surface area contributed by atoms with Crippen molar-refractivity contribution in [1.82, 2.24) is 5.32 Å². The third kappa shape index (κ3) is 3.45. The highest BCUT2D eigenvalue weighted by Gasteiger charge is 2.20. The summed E-state index contributed by atoms with van der Waals surface area (Å²) < 4.78 is 0.821. The number of rotatable bonds is 4. The summed E-state index contributed by atoms with van der Waals surface area (Å²) in [7, 11) is 0. The second kappa shape index (κ2) is 6.35. The van der Waals surface area contributed by atoms with Crippen LogP contribution in [0.5, 0.6) is 0 Å². The van der Waals surface area contributed by atoms with E-state index in [0.29, 0.717) is 11.5 Å². The van der Waals surface area contributed by atoms with Gasteiger partial charge in [0.15, 0.2) is 0 Å². The van der Waals surface area contributed by atoms with Crippen molar-refractivity contribution in [3.05, 3.63) is 56.7 Å². The Bertz CT molecular complexity index is 551. The van der Waals surface area contributed by atoms with Crippen molar-refractivity contribution in [3.63, 3.8) is 0 Å². The number of halogens is 1. The fraction of sp³-hybridized carbons (Fsp3) is 0.267. The van der Waals surface area contributed by atoms with Crippen molar-refractivity contribution >= 4 is 33.2 Å². The molecule has 0 bridgehead atoms. The summed E-state index contributed by atoms with van der Waals surface area (Å²) in [4.78, 5) is 13.5. The SMILES string of the molecule is CC(C)[C@H](NC(=O)c1ccccc1Br)c1cccs1. The third-order valence-electron chi connectivity index (χ3n) is 2.92. The molecule has 19 heavy (non-hydrogen) atoms. The molecule has 1 heterocycles. The van der Waals surface area contributed by atoms with Crippen LogP contribution in [0.1, 0.15) is 35.1 Å². The average molecular weight is 338 g/mol. The van der Waals surface area contributed by atoms with E-state index >= 15 is 0 Å². The number of hydrogen-bond acceptors (Lipinski definition) is 2. The van der Waals surface area contributed by atoms with Gasteiger partial charge in [-0.25, -0.2) is 0 Å². The summed E-state index contributed by atoms with van der Waals surface area (Å²) in [5, 5.41) is 5.15. The van der Waals surface area contributed by atoms with Crippen molar-refractivity contribution in [2.24, 2.45) is 5.92 Å². The molecule has 2 aromatic rings. The summed E-state index contributed by atoms with van der Waals surface area (Å²) in [6, 6.07) is 11.6. The number of nitrogens with one attached hydrogen (secondary N) is 1. The van der Waals surface area contributed by atoms with Gasteiger partial charge < -0.3 is 5.32 Å². The Morgan fingerprint density at radius 3 is 2.53 bits per heavy atom. The van der Waals surface area contributed by atoms with Crippen LogP contribution < -0.4 is 5.32 Å². The maximum atomic E-state index is 12.3. The minimum absolute atomic E-state index is 0.0421. The van der Waals surface area contributed by atoms with E-state index in [-0.39, 0.29) is 11.9 Å². The molecule has 0 aliphatic heterocycles. The first-order chi connectivity index (χ1) is 9.09. The van der Waals surface area contributed by atoms with Crippen LogP contribution in [0.25, 0.3) is 0 Å². The predicted molar refractivity (Wildman–Crippen MR) is 83.5 cm³/mol. The van der Waals surface area contributed by atoms with E-state index < -0.39 is 0 Å². The summed E-state index contributed by atoms with van der Waals surface area (Å²) in [5.74, 6) is 0.310. The van der Waals surface area contributed by atoms with Crippen molar-refractivity contribution in [2.75, 3.05) is 0 Å². The molecule has 0 unspecified atom stereocenters. The largest absolute Gasteiger partial charge is 0.344 e. The molecule has 0 spiro atoms. The monoisotopic (exact) mass is 337 g/mol. The minimum Gasteiger partial charge on any atom is -0.344 e. The van der Waals surface area contributed by atoms with Crippen LogP contribution in [0, 0.1) is 5.92 Å². The molecule has 0 fully saturated rings. The molecule has 4 heteroatoms. The second-order valence-corrected chi connectivity index (χ2v) is 6.52. The molecule has 0 aliphatic carbocycles. The molecule has 1 atom stereocenters. The fourth-order valence-electron chi connectivity index (χ4n) is 1.90. The van der Waals surface area contributed by atoms with Gasteiger partial charge in [-0.1, -0.05) is 32.0 Å². The first-order valence-electron chi connectivity index (χ1n) is 6.18. The van der Waals surface area contributed by atoms with Gasteiger partial charge in [-0.05, 0) is 45.4 Å². The first-order valence-corrected chi connectivity index (χ1v) is 7.85. The lowest BCUT2D eigenvalue weighted by Gasteiger charge is -2.21. The van der Waals surface area contributed by atoms with Gasteiger partial charge in [0.25, 0.3) is 5.91 Å². The Kier molecular flexibility index (Phi) is 4.77. The Labute approximate surface area is 126 Å². The molecule has 0 aliphatic rings. The molecule has 1 N–H and O–H groups in total. The van der Waals surface area contributed by atoms with E-state index in [1.165, 1.54) is 4.88 Å². The van der Waals surface area contributed by atoms with Gasteiger partial charge in [0.05, 0.1) is 11.6 Å². The topological polar surface area (TPSA) is 29.1 Å². The quantitative estimate of drug-likeness (QED) is 0.865. The lowest BCUT2D eigenvalue weighted by molar-refractivity contribution is 0.0926. The third-order valence-corrected chi connectivity index (χ3v) is 4.57. The second-order valence-electron chi connectivity index (χ2n) is 4.69. The molecule has 1 aromatic carbocycles. The number of benzene rings is 1. The Morgan fingerprint density at radius 2 is 1.95 bits per heavy atom. The van der Waals surface area contributed by atoms with Gasteiger partial charge in [-0.15, -0.1) is 11.3 Å². The first kappa shape index (κ1) is 14.3. The molecule has 2 rings (SSSR count). The Hall–Kier alpha value is -1.13. The van der Waals surface area contributed by atoms with Crippen LogP contribution in [-0.4, -0.2) is 5.91 Å². The molecule has 0 radical (unpaired) electrons. The molecule has 100 valence electrons. The summed E-state index contributed by atoms with van der Waals surface area (Å²) in [6.07, 6.45) is 0. The molecular weight excluding hydrogens is 322 g/mol. The minimum atomic E-state index is -0.0421. The lowest BCUT2D eigenvalue weighted by atomic mass is 10.0. The highest BCUT2D eigenvalue weighted by Crippen LogP contribution is 2.26. The van der Waals surface area contributed by atoms with Crippen LogP contribution >= 0.6 is 27.3 Å². The molecule has 1 aromatic heterocycles. The van der Waals surface area contributed by atoms with Crippen LogP contribution in [0.3, 0.4) is 0 Å². The highest BCUT2D eigenvalue weighted by molar-refractivity contribution is 9.10. The standard InChI is InChI=1S/C15H16BrNOS/c1-10(2)14(13-8-5-9-19-13)17-15(18)11-6-3-4-7-12(11)16/h3-10,14H,1-2H3,(H,17,18)/t14-/m0/s1. The van der Waals surface area contributed by atoms with E-state index in [1.54, 1.807) is 11.3 Å². The summed E-state index contributed by atoms with van der Waals surface area (Å²) >= 11 is 5.09. The van der Waals surface area contributed by atoms with Gasteiger partial charge in [0.1, 0.15) is 0 Å². The molecule has 2 nitrogen and oxygen atoms in total. The van der Waals surface area contributed by atoms with E-state index in [9.17, 15) is 4.79 Å². The number of hydrogen-bond donors (Lipinski definition) is 1. The normalized spacial score (nSPS) is 12.4. The van der Waals surface area contributed by atoms with Crippen molar-refractivity contribution in [2.45, 2.75) is 19.9 Å². The zero-order valence-corrected chi connectivity index (χ0v) is 13.3. The number of carbonyl (C=O) groups is 1. The molecule has 1 amide bonds. The van der Waals surface area contributed by atoms with Crippen molar-refractivity contribution < 1.29 is 4.79 Å². The maximum absolute atomic E-state index is 12.3. The zero-order chi connectivity index (χ0) is 13.8. The van der Waals surface area contributed by atoms with E-state index in [1.807, 2.05) is 35.7 Å². The maximum Gasteiger partial charge on any atom is 0.252 e.